The summed E-state index contributed by atoms with van der Waals surface area (Å²) >= 11 is 2.03. The molecule has 0 radical (unpaired) electrons. The van der Waals surface area contributed by atoms with E-state index in [2.05, 4.69) is 43.4 Å². The van der Waals surface area contributed by atoms with E-state index in [4.69, 9.17) is 0 Å². The summed E-state index contributed by atoms with van der Waals surface area (Å²) in [6.07, 6.45) is 2.63. The predicted molar refractivity (Wildman–Crippen MR) is 76.8 cm³/mol. The second-order valence-corrected chi connectivity index (χ2v) is 5.93. The van der Waals surface area contributed by atoms with Crippen LogP contribution in [0.2, 0.25) is 0 Å². The van der Waals surface area contributed by atoms with Gasteiger partial charge in [-0.25, -0.2) is 0 Å². The van der Waals surface area contributed by atoms with Crippen LogP contribution in [0, 0.1) is 5.92 Å². The third kappa shape index (κ3) is 3.26. The Kier molecular flexibility index (Phi) is 4.93. The van der Waals surface area contributed by atoms with E-state index in [0.29, 0.717) is 0 Å². The van der Waals surface area contributed by atoms with Crippen molar-refractivity contribution in [2.75, 3.05) is 18.8 Å². The molecule has 0 fully saturated rings. The molecule has 0 spiro atoms. The van der Waals surface area contributed by atoms with Crippen molar-refractivity contribution in [1.29, 1.82) is 0 Å². The summed E-state index contributed by atoms with van der Waals surface area (Å²) in [5.41, 5.74) is 1.59. The predicted octanol–water partition coefficient (Wildman–Crippen LogP) is 3.90. The molecule has 2 rings (SSSR count). The number of nitrogens with one attached hydrogen (secondary N) is 1. The first-order chi connectivity index (χ1) is 8.35. The molecule has 2 unspecified atom stereocenters. The van der Waals surface area contributed by atoms with E-state index in [1.807, 2.05) is 11.8 Å². The van der Waals surface area contributed by atoms with Crippen LogP contribution in [-0.2, 0) is 0 Å². The highest BCUT2D eigenvalue weighted by atomic mass is 32.2. The van der Waals surface area contributed by atoms with E-state index in [1.54, 1.807) is 5.56 Å². The maximum atomic E-state index is 3.49. The molecule has 0 bridgehead atoms. The first-order valence-electron chi connectivity index (χ1n) is 6.77. The van der Waals surface area contributed by atoms with E-state index < -0.39 is 0 Å². The van der Waals surface area contributed by atoms with Crippen LogP contribution >= 0.6 is 11.8 Å². The number of hydrogen-bond acceptors (Lipinski definition) is 2. The van der Waals surface area contributed by atoms with Crippen molar-refractivity contribution in [2.45, 2.75) is 37.5 Å². The molecule has 1 N–H and O–H groups in total. The van der Waals surface area contributed by atoms with E-state index in [1.165, 1.54) is 30.0 Å². The van der Waals surface area contributed by atoms with Gasteiger partial charge in [-0.2, -0.15) is 0 Å². The minimum Gasteiger partial charge on any atom is -0.317 e. The Balaban J connectivity index is 1.95. The maximum Gasteiger partial charge on any atom is 0.0107 e. The minimum atomic E-state index is 0.778. The summed E-state index contributed by atoms with van der Waals surface area (Å²) in [4.78, 5) is 1.51. The van der Waals surface area contributed by atoms with Crippen LogP contribution in [0.1, 0.15) is 38.2 Å². The zero-order chi connectivity index (χ0) is 12.1. The number of thioether (sulfide) groups is 1. The fourth-order valence-corrected chi connectivity index (χ4v) is 3.84. The van der Waals surface area contributed by atoms with E-state index >= 15 is 0 Å². The Morgan fingerprint density at radius 3 is 2.94 bits per heavy atom. The van der Waals surface area contributed by atoms with Gasteiger partial charge in [-0.3, -0.25) is 0 Å². The highest BCUT2D eigenvalue weighted by molar-refractivity contribution is 7.99. The fraction of sp³-hybridized carbons (Fsp3) is 0.600. The van der Waals surface area contributed by atoms with Crippen LogP contribution in [0.4, 0.5) is 0 Å². The Bertz CT molecular complexity index is 351. The lowest BCUT2D eigenvalue weighted by Gasteiger charge is -2.19. The molecule has 1 aromatic rings. The molecule has 0 aromatic heterocycles. The third-order valence-electron chi connectivity index (χ3n) is 3.68. The summed E-state index contributed by atoms with van der Waals surface area (Å²) in [5.74, 6) is 2.88. The molecule has 1 aromatic carbocycles. The van der Waals surface area contributed by atoms with Crippen molar-refractivity contribution in [3.63, 3.8) is 0 Å². The second-order valence-electron chi connectivity index (χ2n) is 4.86. The highest BCUT2D eigenvalue weighted by Gasteiger charge is 2.24. The minimum absolute atomic E-state index is 0.778. The van der Waals surface area contributed by atoms with Crippen molar-refractivity contribution in [2.24, 2.45) is 5.92 Å². The van der Waals surface area contributed by atoms with Gasteiger partial charge >= 0.3 is 0 Å². The lowest BCUT2D eigenvalue weighted by molar-refractivity contribution is 0.413. The zero-order valence-electron chi connectivity index (χ0n) is 10.9. The average molecular weight is 249 g/mol. The van der Waals surface area contributed by atoms with Gasteiger partial charge in [0.1, 0.15) is 0 Å². The van der Waals surface area contributed by atoms with Crippen LogP contribution < -0.4 is 5.32 Å². The van der Waals surface area contributed by atoms with Crippen LogP contribution in [0.5, 0.6) is 0 Å². The van der Waals surface area contributed by atoms with Crippen LogP contribution in [0.25, 0.3) is 0 Å². The molecule has 2 heteroatoms. The second kappa shape index (κ2) is 6.46. The number of benzene rings is 1. The zero-order valence-corrected chi connectivity index (χ0v) is 11.7. The monoisotopic (exact) mass is 249 g/mol. The molecular formula is C15H23NS. The summed E-state index contributed by atoms with van der Waals surface area (Å²) in [6, 6.07) is 8.93. The molecule has 94 valence electrons. The van der Waals surface area contributed by atoms with Gasteiger partial charge in [0.15, 0.2) is 0 Å². The van der Waals surface area contributed by atoms with Crippen molar-refractivity contribution in [1.82, 2.24) is 5.32 Å². The lowest BCUT2D eigenvalue weighted by atomic mass is 9.89. The van der Waals surface area contributed by atoms with Crippen LogP contribution in [0.3, 0.4) is 0 Å². The molecule has 0 amide bonds. The maximum absolute atomic E-state index is 3.49. The molecule has 1 heterocycles. The third-order valence-corrected chi connectivity index (χ3v) is 4.93. The van der Waals surface area contributed by atoms with Crippen LogP contribution in [-0.4, -0.2) is 18.8 Å². The summed E-state index contributed by atoms with van der Waals surface area (Å²) in [6.45, 7) is 6.77. The Morgan fingerprint density at radius 1 is 1.35 bits per heavy atom. The van der Waals surface area contributed by atoms with Gasteiger partial charge in [0.05, 0.1) is 0 Å². The molecule has 1 aliphatic heterocycles. The summed E-state index contributed by atoms with van der Waals surface area (Å²) < 4.78 is 0. The normalized spacial score (nSPS) is 20.2. The largest absolute Gasteiger partial charge is 0.317 e. The van der Waals surface area contributed by atoms with E-state index in [9.17, 15) is 0 Å². The molecule has 1 aliphatic rings. The molecule has 0 saturated heterocycles. The number of hydrogen-bond donors (Lipinski definition) is 1. The van der Waals surface area contributed by atoms with Gasteiger partial charge in [-0.1, -0.05) is 38.5 Å². The molecular weight excluding hydrogens is 226 g/mol. The topological polar surface area (TPSA) is 12.0 Å². The molecule has 1 nitrogen and oxygen atoms in total. The summed E-state index contributed by atoms with van der Waals surface area (Å²) in [7, 11) is 0. The van der Waals surface area contributed by atoms with E-state index in [0.717, 1.165) is 18.4 Å². The SMILES string of the molecule is CCNCC(CC)CC1CSc2ccccc21. The van der Waals surface area contributed by atoms with Gasteiger partial charge < -0.3 is 5.32 Å². The standard InChI is InChI=1S/C15H23NS/c1-3-12(10-16-4-2)9-13-11-17-15-8-6-5-7-14(13)15/h5-8,12-13,16H,3-4,9-11H2,1-2H3. The Labute approximate surface area is 109 Å². The van der Waals surface area contributed by atoms with E-state index in [-0.39, 0.29) is 0 Å². The molecule has 17 heavy (non-hydrogen) atoms. The van der Waals surface area contributed by atoms with Gasteiger partial charge in [0.25, 0.3) is 0 Å². The lowest BCUT2D eigenvalue weighted by Crippen LogP contribution is -2.23. The summed E-state index contributed by atoms with van der Waals surface area (Å²) in [5, 5.41) is 3.49. The van der Waals surface area contributed by atoms with Gasteiger partial charge in [0.2, 0.25) is 0 Å². The number of fused-ring (bicyclic) bond motifs is 1. The van der Waals surface area contributed by atoms with Crippen molar-refractivity contribution < 1.29 is 0 Å². The quantitative estimate of drug-likeness (QED) is 0.820. The molecule has 2 atom stereocenters. The van der Waals surface area contributed by atoms with Crippen molar-refractivity contribution in [3.8, 4) is 0 Å². The first kappa shape index (κ1) is 13.0. The number of rotatable bonds is 6. The van der Waals surface area contributed by atoms with Crippen molar-refractivity contribution in [3.05, 3.63) is 29.8 Å². The van der Waals surface area contributed by atoms with Gasteiger partial charge in [0, 0.05) is 10.6 Å². The average Bonchev–Trinajstić information content (AvgIpc) is 2.78. The van der Waals surface area contributed by atoms with Gasteiger partial charge in [-0.05, 0) is 43.0 Å². The van der Waals surface area contributed by atoms with Crippen molar-refractivity contribution >= 4 is 11.8 Å². The smallest absolute Gasteiger partial charge is 0.0107 e. The highest BCUT2D eigenvalue weighted by Crippen LogP contribution is 2.42. The Hall–Kier alpha value is -0.470. The Morgan fingerprint density at radius 2 is 2.18 bits per heavy atom. The molecule has 0 aliphatic carbocycles. The fourth-order valence-electron chi connectivity index (χ4n) is 2.57. The van der Waals surface area contributed by atoms with Crippen LogP contribution in [0.15, 0.2) is 29.2 Å². The molecule has 0 saturated carbocycles. The first-order valence-corrected chi connectivity index (χ1v) is 7.76. The van der Waals surface area contributed by atoms with Gasteiger partial charge in [-0.15, -0.1) is 11.8 Å².